The molecule has 0 aliphatic carbocycles. The number of likely N-dealkylation sites (tertiary alicyclic amines) is 1. The molecule has 0 amide bonds. The molecular weight excluding hydrogens is 298 g/mol. The second-order valence-electron chi connectivity index (χ2n) is 7.80. The van der Waals surface area contributed by atoms with Crippen LogP contribution >= 0.6 is 0 Å². The van der Waals surface area contributed by atoms with Crippen LogP contribution in [0.15, 0.2) is 36.7 Å². The van der Waals surface area contributed by atoms with Crippen molar-refractivity contribution in [3.05, 3.63) is 53.6 Å². The van der Waals surface area contributed by atoms with Crippen LogP contribution in [0.25, 0.3) is 0 Å². The number of benzene rings is 1. The minimum Gasteiger partial charge on any atom is -0.348 e. The summed E-state index contributed by atoms with van der Waals surface area (Å²) in [7, 11) is 0. The summed E-state index contributed by atoms with van der Waals surface area (Å²) in [4.78, 5) is 22.6. The number of hydrogen-bond acceptors (Lipinski definition) is 3. The Hall–Kier alpha value is -1.94. The van der Waals surface area contributed by atoms with Gasteiger partial charge < -0.3 is 4.98 Å². The zero-order valence-corrected chi connectivity index (χ0v) is 14.9. The van der Waals surface area contributed by atoms with Gasteiger partial charge in [0.25, 0.3) is 0 Å². The lowest BCUT2D eigenvalue weighted by atomic mass is 9.85. The van der Waals surface area contributed by atoms with E-state index in [0.29, 0.717) is 0 Å². The number of aromatic nitrogens is 2. The molecule has 1 aliphatic rings. The summed E-state index contributed by atoms with van der Waals surface area (Å²) in [5.74, 6) is 1.34. The van der Waals surface area contributed by atoms with Gasteiger partial charge in [-0.15, -0.1) is 0 Å². The standard InChI is InChI=1S/C20H27N3O/c1-20(2,3)17-8-6-15(7-9-17)19(24)16-5-4-12-23(13-16)14-18-21-10-11-22-18/h6-11,16H,4-5,12-14H2,1-3H3,(H,21,22)/t16-/m0/s1. The van der Waals surface area contributed by atoms with Gasteiger partial charge in [-0.2, -0.15) is 0 Å². The Morgan fingerprint density at radius 3 is 2.67 bits per heavy atom. The van der Waals surface area contributed by atoms with Gasteiger partial charge in [-0.05, 0) is 30.4 Å². The Bertz CT molecular complexity index is 668. The molecular formula is C20H27N3O. The van der Waals surface area contributed by atoms with Crippen molar-refractivity contribution in [1.29, 1.82) is 0 Å². The molecule has 1 N–H and O–H groups in total. The Labute approximate surface area is 144 Å². The van der Waals surface area contributed by atoms with E-state index < -0.39 is 0 Å². The number of rotatable bonds is 4. The molecule has 1 aromatic heterocycles. The average molecular weight is 325 g/mol. The molecule has 1 saturated heterocycles. The highest BCUT2D eigenvalue weighted by molar-refractivity contribution is 5.98. The SMILES string of the molecule is CC(C)(C)c1ccc(C(=O)[C@H]2CCCN(Cc3ncc[nH]3)C2)cc1. The minimum atomic E-state index is 0.0919. The molecule has 0 radical (unpaired) electrons. The molecule has 3 rings (SSSR count). The summed E-state index contributed by atoms with van der Waals surface area (Å²) >= 11 is 0. The monoisotopic (exact) mass is 325 g/mol. The van der Waals surface area contributed by atoms with E-state index in [1.54, 1.807) is 6.20 Å². The Morgan fingerprint density at radius 1 is 1.29 bits per heavy atom. The fourth-order valence-corrected chi connectivity index (χ4v) is 3.38. The number of carbonyl (C=O) groups is 1. The molecule has 0 unspecified atom stereocenters. The Kier molecular flexibility index (Phi) is 4.86. The highest BCUT2D eigenvalue weighted by Crippen LogP contribution is 2.25. The predicted molar refractivity (Wildman–Crippen MR) is 96.1 cm³/mol. The molecule has 24 heavy (non-hydrogen) atoms. The van der Waals surface area contributed by atoms with Crippen molar-refractivity contribution in [3.63, 3.8) is 0 Å². The van der Waals surface area contributed by atoms with Gasteiger partial charge in [-0.25, -0.2) is 4.98 Å². The fourth-order valence-electron chi connectivity index (χ4n) is 3.38. The first-order valence-corrected chi connectivity index (χ1v) is 8.79. The van der Waals surface area contributed by atoms with E-state index in [-0.39, 0.29) is 17.1 Å². The van der Waals surface area contributed by atoms with Gasteiger partial charge in [-0.3, -0.25) is 9.69 Å². The van der Waals surface area contributed by atoms with Crippen molar-refractivity contribution < 1.29 is 4.79 Å². The lowest BCUT2D eigenvalue weighted by Gasteiger charge is -2.31. The van der Waals surface area contributed by atoms with Gasteiger partial charge in [0, 0.05) is 30.4 Å². The van der Waals surface area contributed by atoms with Crippen molar-refractivity contribution in [2.45, 2.75) is 45.6 Å². The lowest BCUT2D eigenvalue weighted by Crippen LogP contribution is -2.38. The summed E-state index contributed by atoms with van der Waals surface area (Å²) in [5.41, 5.74) is 2.22. The van der Waals surface area contributed by atoms with Crippen LogP contribution in [-0.4, -0.2) is 33.7 Å². The summed E-state index contributed by atoms with van der Waals surface area (Å²) < 4.78 is 0. The number of Topliss-reactive ketones (excluding diaryl/α,β-unsaturated/α-hetero) is 1. The fraction of sp³-hybridized carbons (Fsp3) is 0.500. The minimum absolute atomic E-state index is 0.0919. The molecule has 1 aromatic carbocycles. The van der Waals surface area contributed by atoms with E-state index in [2.05, 4.69) is 47.8 Å². The van der Waals surface area contributed by atoms with Crippen LogP contribution in [0.2, 0.25) is 0 Å². The van der Waals surface area contributed by atoms with Gasteiger partial charge in [0.15, 0.2) is 5.78 Å². The maximum atomic E-state index is 12.9. The highest BCUT2D eigenvalue weighted by atomic mass is 16.1. The molecule has 0 saturated carbocycles. The first-order valence-electron chi connectivity index (χ1n) is 8.79. The first-order chi connectivity index (χ1) is 11.4. The largest absolute Gasteiger partial charge is 0.348 e. The quantitative estimate of drug-likeness (QED) is 0.870. The molecule has 4 heteroatoms. The van der Waals surface area contributed by atoms with E-state index in [9.17, 15) is 4.79 Å². The molecule has 4 nitrogen and oxygen atoms in total. The summed E-state index contributed by atoms with van der Waals surface area (Å²) in [6.07, 6.45) is 5.67. The van der Waals surface area contributed by atoms with Crippen molar-refractivity contribution in [2.75, 3.05) is 13.1 Å². The Balaban J connectivity index is 1.65. The van der Waals surface area contributed by atoms with Crippen LogP contribution in [0, 0.1) is 5.92 Å². The van der Waals surface area contributed by atoms with Crippen molar-refractivity contribution in [2.24, 2.45) is 5.92 Å². The third kappa shape index (κ3) is 3.93. The van der Waals surface area contributed by atoms with Crippen LogP contribution in [0.5, 0.6) is 0 Å². The maximum Gasteiger partial charge on any atom is 0.167 e. The number of carbonyl (C=O) groups excluding carboxylic acids is 1. The summed E-state index contributed by atoms with van der Waals surface area (Å²) in [5, 5.41) is 0. The van der Waals surface area contributed by atoms with Gasteiger partial charge in [0.1, 0.15) is 5.82 Å². The van der Waals surface area contributed by atoms with Crippen LogP contribution < -0.4 is 0 Å². The van der Waals surface area contributed by atoms with Crippen LogP contribution in [-0.2, 0) is 12.0 Å². The molecule has 128 valence electrons. The van der Waals surface area contributed by atoms with Crippen molar-refractivity contribution >= 4 is 5.78 Å². The Morgan fingerprint density at radius 2 is 2.04 bits per heavy atom. The number of nitrogens with one attached hydrogen (secondary N) is 1. The number of piperidine rings is 1. The number of aromatic amines is 1. The van der Waals surface area contributed by atoms with Gasteiger partial charge in [-0.1, -0.05) is 45.0 Å². The third-order valence-electron chi connectivity index (χ3n) is 4.84. The average Bonchev–Trinajstić information content (AvgIpc) is 3.07. The number of hydrogen-bond donors (Lipinski definition) is 1. The van der Waals surface area contributed by atoms with Crippen molar-refractivity contribution in [1.82, 2.24) is 14.9 Å². The predicted octanol–water partition coefficient (Wildman–Crippen LogP) is 3.80. The van der Waals surface area contributed by atoms with Gasteiger partial charge >= 0.3 is 0 Å². The van der Waals surface area contributed by atoms with Crippen molar-refractivity contribution in [3.8, 4) is 0 Å². The normalized spacial score (nSPS) is 19.4. The van der Waals surface area contributed by atoms with Crippen LogP contribution in [0.3, 0.4) is 0 Å². The zero-order valence-electron chi connectivity index (χ0n) is 14.9. The van der Waals surface area contributed by atoms with E-state index in [1.165, 1.54) is 5.56 Å². The molecule has 2 heterocycles. The van der Waals surface area contributed by atoms with E-state index in [4.69, 9.17) is 0 Å². The smallest absolute Gasteiger partial charge is 0.167 e. The second kappa shape index (κ2) is 6.89. The lowest BCUT2D eigenvalue weighted by molar-refractivity contribution is 0.0808. The van der Waals surface area contributed by atoms with E-state index >= 15 is 0 Å². The van der Waals surface area contributed by atoms with E-state index in [1.807, 2.05) is 18.3 Å². The second-order valence-corrected chi connectivity index (χ2v) is 7.80. The molecule has 0 bridgehead atoms. The van der Waals surface area contributed by atoms with E-state index in [0.717, 1.165) is 43.9 Å². The topological polar surface area (TPSA) is 49.0 Å². The first kappa shape index (κ1) is 16.9. The molecule has 1 fully saturated rings. The summed E-state index contributed by atoms with van der Waals surface area (Å²) in [6, 6.07) is 8.18. The van der Waals surface area contributed by atoms with Gasteiger partial charge in [0.2, 0.25) is 0 Å². The number of ketones is 1. The third-order valence-corrected chi connectivity index (χ3v) is 4.84. The van der Waals surface area contributed by atoms with Crippen LogP contribution in [0.4, 0.5) is 0 Å². The van der Waals surface area contributed by atoms with Gasteiger partial charge in [0.05, 0.1) is 6.54 Å². The number of imidazole rings is 1. The molecule has 1 aliphatic heterocycles. The highest BCUT2D eigenvalue weighted by Gasteiger charge is 2.27. The molecule has 1 atom stereocenters. The summed E-state index contributed by atoms with van der Waals surface area (Å²) in [6.45, 7) is 9.22. The zero-order chi connectivity index (χ0) is 17.2. The maximum absolute atomic E-state index is 12.9. The number of nitrogens with zero attached hydrogens (tertiary/aromatic N) is 2. The number of H-pyrrole nitrogens is 1. The van der Waals surface area contributed by atoms with Crippen LogP contribution in [0.1, 0.15) is 55.4 Å². The molecule has 0 spiro atoms. The molecule has 2 aromatic rings.